The topological polar surface area (TPSA) is 61.7 Å². The number of hydrogen-bond acceptors (Lipinski definition) is 4. The van der Waals surface area contributed by atoms with Gasteiger partial charge in [0.05, 0.1) is 22.1 Å². The molecular weight excluding hydrogens is 943 g/mol. The van der Waals surface area contributed by atoms with Gasteiger partial charge in [-0.1, -0.05) is 243 Å². The van der Waals surface area contributed by atoms with Crippen molar-refractivity contribution in [2.24, 2.45) is 0 Å². The molecule has 0 saturated carbocycles. The average molecular weight is 988 g/mol. The van der Waals surface area contributed by atoms with E-state index in [1.165, 1.54) is 20.7 Å². The molecule has 0 radical (unpaired) electrons. The standard InChI is InChI=1S/C69H45N5OSi/c1-4-24-47(25-5-1)76(48-26-6-2-7-27-48,49-28-8-3-9-29-49)50-30-20-23-46(45-50)67-70-68(73-60-40-16-12-33-53(60)54-34-13-17-41-61(54)73)72-69(71-67)74-62-42-18-14-35-55(62)58-39-21-38-57(66(58)74)52-32-11-10-31-51(52)56-37-22-44-64-65(56)59-36-15-19-43-63(59)75-64/h1-45H. The van der Waals surface area contributed by atoms with Crippen LogP contribution in [0.1, 0.15) is 0 Å². The van der Waals surface area contributed by atoms with Gasteiger partial charge >= 0.3 is 0 Å². The summed E-state index contributed by atoms with van der Waals surface area (Å²) in [5, 5.41) is 11.8. The normalized spacial score (nSPS) is 11.9. The van der Waals surface area contributed by atoms with Gasteiger partial charge in [0.1, 0.15) is 11.2 Å². The first-order chi connectivity index (χ1) is 37.7. The van der Waals surface area contributed by atoms with Gasteiger partial charge in [0.15, 0.2) is 13.9 Å². The van der Waals surface area contributed by atoms with Crippen LogP contribution in [0.3, 0.4) is 0 Å². The largest absolute Gasteiger partial charge is 0.456 e. The lowest BCUT2D eigenvalue weighted by Gasteiger charge is -2.34. The van der Waals surface area contributed by atoms with Crippen LogP contribution in [0.5, 0.6) is 0 Å². The van der Waals surface area contributed by atoms with E-state index >= 15 is 0 Å². The predicted octanol–water partition coefficient (Wildman–Crippen LogP) is 14.3. The molecule has 4 aromatic heterocycles. The molecule has 0 N–H and O–H groups in total. The number of furan rings is 1. The summed E-state index contributed by atoms with van der Waals surface area (Å²) in [7, 11) is -2.94. The summed E-state index contributed by atoms with van der Waals surface area (Å²) in [6, 6.07) is 97.9. The SMILES string of the molecule is c1ccc([Si](c2ccccc2)(c2ccccc2)c2cccc(-c3nc(-n4c5ccccc5c5ccccc54)nc(-n4c5ccccc5c5cccc(-c6ccccc6-c6cccc7oc8ccccc8c67)c54)n3)c2)cc1. The molecule has 356 valence electrons. The van der Waals surface area contributed by atoms with E-state index in [0.29, 0.717) is 17.7 Å². The van der Waals surface area contributed by atoms with Crippen molar-refractivity contribution in [1.82, 2.24) is 24.1 Å². The van der Waals surface area contributed by atoms with Gasteiger partial charge in [-0.15, -0.1) is 0 Å². The second-order valence-electron chi connectivity index (χ2n) is 19.4. The Kier molecular flexibility index (Phi) is 10.1. The minimum absolute atomic E-state index is 0.518. The van der Waals surface area contributed by atoms with E-state index in [1.54, 1.807) is 0 Å². The zero-order valence-electron chi connectivity index (χ0n) is 41.1. The van der Waals surface area contributed by atoms with E-state index in [-0.39, 0.29) is 0 Å². The molecule has 0 spiro atoms. The fourth-order valence-corrected chi connectivity index (χ4v) is 17.0. The highest BCUT2D eigenvalue weighted by molar-refractivity contribution is 7.19. The number of nitrogens with zero attached hydrogens (tertiary/aromatic N) is 5. The molecule has 0 aliphatic carbocycles. The lowest BCUT2D eigenvalue weighted by molar-refractivity contribution is 0.669. The second kappa shape index (κ2) is 17.6. The zero-order chi connectivity index (χ0) is 50.2. The monoisotopic (exact) mass is 987 g/mol. The Morgan fingerprint density at radius 2 is 0.724 bits per heavy atom. The summed E-state index contributed by atoms with van der Waals surface area (Å²) >= 11 is 0. The van der Waals surface area contributed by atoms with E-state index in [4.69, 9.17) is 19.4 Å². The van der Waals surface area contributed by atoms with Crippen molar-refractivity contribution in [2.75, 3.05) is 0 Å². The molecule has 0 unspecified atom stereocenters. The summed E-state index contributed by atoms with van der Waals surface area (Å²) in [6.07, 6.45) is 0. The van der Waals surface area contributed by atoms with E-state index in [1.807, 2.05) is 12.1 Å². The zero-order valence-corrected chi connectivity index (χ0v) is 42.1. The summed E-state index contributed by atoms with van der Waals surface area (Å²) in [5.41, 5.74) is 11.0. The Morgan fingerprint density at radius 3 is 1.36 bits per heavy atom. The van der Waals surface area contributed by atoms with E-state index in [0.717, 1.165) is 93.4 Å². The summed E-state index contributed by atoms with van der Waals surface area (Å²) < 4.78 is 10.9. The van der Waals surface area contributed by atoms with Crippen molar-refractivity contribution < 1.29 is 4.42 Å². The summed E-state index contributed by atoms with van der Waals surface area (Å²) in [4.78, 5) is 16.9. The minimum Gasteiger partial charge on any atom is -0.456 e. The number of benzene rings is 11. The maximum Gasteiger partial charge on any atom is 0.240 e. The van der Waals surface area contributed by atoms with Gasteiger partial charge in [-0.2, -0.15) is 15.0 Å². The number of hydrogen-bond donors (Lipinski definition) is 0. The van der Waals surface area contributed by atoms with Gasteiger partial charge in [0.2, 0.25) is 11.9 Å². The van der Waals surface area contributed by atoms with Crippen LogP contribution >= 0.6 is 0 Å². The highest BCUT2D eigenvalue weighted by Gasteiger charge is 2.41. The van der Waals surface area contributed by atoms with Gasteiger partial charge in [0.25, 0.3) is 0 Å². The number of aromatic nitrogens is 5. The molecule has 0 fully saturated rings. The van der Waals surface area contributed by atoms with Gasteiger partial charge < -0.3 is 4.42 Å². The molecule has 7 heteroatoms. The number of rotatable bonds is 9. The molecule has 15 aromatic rings. The highest BCUT2D eigenvalue weighted by Crippen LogP contribution is 2.44. The molecule has 0 amide bonds. The number of para-hydroxylation sites is 5. The summed E-state index contributed by atoms with van der Waals surface area (Å²) in [5.74, 6) is 1.62. The van der Waals surface area contributed by atoms with Crippen LogP contribution < -0.4 is 20.7 Å². The maximum atomic E-state index is 6.46. The van der Waals surface area contributed by atoms with Crippen molar-refractivity contribution in [3.8, 4) is 45.5 Å². The Balaban J connectivity index is 1.03. The van der Waals surface area contributed by atoms with Crippen LogP contribution in [0.2, 0.25) is 0 Å². The van der Waals surface area contributed by atoms with Crippen molar-refractivity contribution >= 4 is 94.4 Å². The Bertz CT molecular complexity index is 4560. The van der Waals surface area contributed by atoms with Gasteiger partial charge in [-0.25, -0.2) is 0 Å². The van der Waals surface area contributed by atoms with Crippen LogP contribution in [0.15, 0.2) is 277 Å². The first-order valence-electron chi connectivity index (χ1n) is 25.8. The smallest absolute Gasteiger partial charge is 0.240 e. The minimum atomic E-state index is -2.94. The molecule has 11 aromatic carbocycles. The number of fused-ring (bicyclic) bond motifs is 9. The maximum absolute atomic E-state index is 6.46. The molecule has 0 aliphatic heterocycles. The average Bonchev–Trinajstić information content (AvgIpc) is 4.22. The highest BCUT2D eigenvalue weighted by atomic mass is 28.3. The van der Waals surface area contributed by atoms with Crippen LogP contribution in [0, 0.1) is 0 Å². The van der Waals surface area contributed by atoms with Crippen molar-refractivity contribution in [1.29, 1.82) is 0 Å². The molecule has 0 atom stereocenters. The third kappa shape index (κ3) is 6.69. The fourth-order valence-electron chi connectivity index (χ4n) is 12.2. The Morgan fingerprint density at radius 1 is 0.303 bits per heavy atom. The lowest BCUT2D eigenvalue weighted by atomic mass is 9.91. The molecular formula is C69H45N5OSi. The third-order valence-electron chi connectivity index (χ3n) is 15.4. The van der Waals surface area contributed by atoms with Crippen LogP contribution in [-0.2, 0) is 0 Å². The van der Waals surface area contributed by atoms with Crippen LogP contribution in [0.4, 0.5) is 0 Å². The molecule has 0 aliphatic rings. The van der Waals surface area contributed by atoms with Gasteiger partial charge in [-0.3, -0.25) is 9.13 Å². The first kappa shape index (κ1) is 43.6. The van der Waals surface area contributed by atoms with Crippen LogP contribution in [0.25, 0.3) is 111 Å². The van der Waals surface area contributed by atoms with E-state index in [2.05, 4.69) is 270 Å². The Hall–Kier alpha value is -9.95. The second-order valence-corrected chi connectivity index (χ2v) is 23.2. The molecule has 6 nitrogen and oxygen atoms in total. The molecule has 0 bridgehead atoms. The van der Waals surface area contributed by atoms with Crippen molar-refractivity contribution in [3.05, 3.63) is 273 Å². The molecule has 15 rings (SSSR count). The predicted molar refractivity (Wildman–Crippen MR) is 316 cm³/mol. The van der Waals surface area contributed by atoms with Crippen LogP contribution in [-0.4, -0.2) is 32.2 Å². The van der Waals surface area contributed by atoms with E-state index < -0.39 is 8.07 Å². The van der Waals surface area contributed by atoms with E-state index in [9.17, 15) is 0 Å². The van der Waals surface area contributed by atoms with Gasteiger partial charge in [-0.05, 0) is 67.8 Å². The Labute approximate surface area is 439 Å². The van der Waals surface area contributed by atoms with Crippen molar-refractivity contribution in [3.63, 3.8) is 0 Å². The van der Waals surface area contributed by atoms with Crippen molar-refractivity contribution in [2.45, 2.75) is 0 Å². The lowest BCUT2D eigenvalue weighted by Crippen LogP contribution is -2.74. The first-order valence-corrected chi connectivity index (χ1v) is 27.8. The molecule has 4 heterocycles. The summed E-state index contributed by atoms with van der Waals surface area (Å²) in [6.45, 7) is 0. The third-order valence-corrected chi connectivity index (χ3v) is 20.1. The van der Waals surface area contributed by atoms with Gasteiger partial charge in [0, 0.05) is 43.4 Å². The fraction of sp³-hybridized carbons (Fsp3) is 0. The quantitative estimate of drug-likeness (QED) is 0.107. The molecule has 0 saturated heterocycles. The molecule has 76 heavy (non-hydrogen) atoms.